The highest BCUT2D eigenvalue weighted by Gasteiger charge is 2.21. The highest BCUT2D eigenvalue weighted by atomic mass is 19.1. The van der Waals surface area contributed by atoms with E-state index in [0.29, 0.717) is 29.5 Å². The number of hydrogen-bond acceptors (Lipinski definition) is 2. The number of rotatable bonds is 1. The number of amides is 1. The Balaban J connectivity index is 2.05. The van der Waals surface area contributed by atoms with Crippen molar-refractivity contribution >= 4 is 16.7 Å². The van der Waals surface area contributed by atoms with Crippen molar-refractivity contribution in [1.82, 2.24) is 5.06 Å². The van der Waals surface area contributed by atoms with Gasteiger partial charge in [0.25, 0.3) is 5.91 Å². The molecular formula is C15H14FNO2. The van der Waals surface area contributed by atoms with E-state index in [1.54, 1.807) is 24.3 Å². The lowest BCUT2D eigenvalue weighted by molar-refractivity contribution is -0.144. The van der Waals surface area contributed by atoms with Crippen LogP contribution in [0.3, 0.4) is 0 Å². The van der Waals surface area contributed by atoms with Crippen LogP contribution in [0.2, 0.25) is 0 Å². The van der Waals surface area contributed by atoms with Gasteiger partial charge in [-0.2, -0.15) is 0 Å². The van der Waals surface area contributed by atoms with Crippen LogP contribution in [0.5, 0.6) is 0 Å². The molecule has 0 N–H and O–H groups in total. The Bertz CT molecular complexity index is 621. The average molecular weight is 259 g/mol. The number of fused-ring (bicyclic) bond motifs is 1. The number of benzene rings is 2. The molecule has 3 rings (SSSR count). The number of hydroxylamine groups is 2. The average Bonchev–Trinajstić information content (AvgIpc) is 2.48. The predicted octanol–water partition coefficient (Wildman–Crippen LogP) is 3.15. The molecule has 4 heteroatoms. The molecule has 98 valence electrons. The van der Waals surface area contributed by atoms with Gasteiger partial charge in [0, 0.05) is 17.5 Å². The molecule has 2 aromatic carbocycles. The number of carbonyl (C=O) groups is 1. The minimum Gasteiger partial charge on any atom is -0.271 e. The van der Waals surface area contributed by atoms with Crippen LogP contribution in [-0.4, -0.2) is 24.1 Å². The normalized spacial score (nSPS) is 15.7. The van der Waals surface area contributed by atoms with Crippen molar-refractivity contribution in [3.8, 4) is 0 Å². The van der Waals surface area contributed by atoms with Crippen LogP contribution < -0.4 is 0 Å². The molecule has 0 aromatic heterocycles. The molecule has 1 aliphatic heterocycles. The van der Waals surface area contributed by atoms with E-state index in [2.05, 4.69) is 0 Å². The molecule has 3 nitrogen and oxygen atoms in total. The van der Waals surface area contributed by atoms with Gasteiger partial charge in [0.05, 0.1) is 6.61 Å². The molecule has 0 unspecified atom stereocenters. The summed E-state index contributed by atoms with van der Waals surface area (Å²) in [5.74, 6) is -0.511. The molecule has 2 aromatic rings. The van der Waals surface area contributed by atoms with Crippen molar-refractivity contribution < 1.29 is 14.0 Å². The Morgan fingerprint density at radius 3 is 2.63 bits per heavy atom. The Morgan fingerprint density at radius 2 is 1.89 bits per heavy atom. The van der Waals surface area contributed by atoms with Gasteiger partial charge in [-0.05, 0) is 30.4 Å². The Labute approximate surface area is 110 Å². The molecular weight excluding hydrogens is 245 g/mol. The molecule has 0 saturated carbocycles. The second-order valence-electron chi connectivity index (χ2n) is 4.59. The molecule has 1 saturated heterocycles. The smallest absolute Gasteiger partial charge is 0.271 e. The highest BCUT2D eigenvalue weighted by molar-refractivity contribution is 6.06. The number of carbonyl (C=O) groups excluding carboxylic acids is 1. The molecule has 1 aliphatic rings. The molecule has 1 fully saturated rings. The standard InChI is InChI=1S/C15H14FNO2/c16-14-8-7-13(11-5-1-2-6-12(11)14)15(18)17-9-3-4-10-19-17/h1-2,5-8H,3-4,9-10H2. The summed E-state index contributed by atoms with van der Waals surface area (Å²) in [6.07, 6.45) is 1.90. The van der Waals surface area contributed by atoms with E-state index in [0.717, 1.165) is 12.8 Å². The molecule has 0 radical (unpaired) electrons. The first kappa shape index (κ1) is 12.1. The second-order valence-corrected chi connectivity index (χ2v) is 4.59. The summed E-state index contributed by atoms with van der Waals surface area (Å²) >= 11 is 0. The van der Waals surface area contributed by atoms with Crippen molar-refractivity contribution in [2.45, 2.75) is 12.8 Å². The summed E-state index contributed by atoms with van der Waals surface area (Å²) in [6, 6.07) is 9.86. The van der Waals surface area contributed by atoms with Gasteiger partial charge in [-0.1, -0.05) is 24.3 Å². The largest absolute Gasteiger partial charge is 0.278 e. The Morgan fingerprint density at radius 1 is 1.11 bits per heavy atom. The van der Waals surface area contributed by atoms with Crippen LogP contribution >= 0.6 is 0 Å². The van der Waals surface area contributed by atoms with Gasteiger partial charge < -0.3 is 0 Å². The second kappa shape index (κ2) is 4.97. The van der Waals surface area contributed by atoms with Crippen molar-refractivity contribution in [2.75, 3.05) is 13.2 Å². The van der Waals surface area contributed by atoms with E-state index < -0.39 is 0 Å². The summed E-state index contributed by atoms with van der Waals surface area (Å²) in [5.41, 5.74) is 0.485. The van der Waals surface area contributed by atoms with Crippen LogP contribution in [0.15, 0.2) is 36.4 Å². The van der Waals surface area contributed by atoms with Gasteiger partial charge in [-0.15, -0.1) is 0 Å². The van der Waals surface area contributed by atoms with E-state index in [1.807, 2.05) is 0 Å². The molecule has 1 heterocycles. The van der Waals surface area contributed by atoms with E-state index in [9.17, 15) is 9.18 Å². The summed E-state index contributed by atoms with van der Waals surface area (Å²) in [5, 5.41) is 2.47. The zero-order valence-corrected chi connectivity index (χ0v) is 10.4. The van der Waals surface area contributed by atoms with E-state index in [-0.39, 0.29) is 11.7 Å². The fourth-order valence-electron chi connectivity index (χ4n) is 2.34. The summed E-state index contributed by atoms with van der Waals surface area (Å²) in [4.78, 5) is 17.8. The van der Waals surface area contributed by atoms with Crippen LogP contribution in [0.25, 0.3) is 10.8 Å². The van der Waals surface area contributed by atoms with Gasteiger partial charge in [-0.25, -0.2) is 9.45 Å². The maximum Gasteiger partial charge on any atom is 0.278 e. The third-order valence-electron chi connectivity index (χ3n) is 3.33. The van der Waals surface area contributed by atoms with Gasteiger partial charge in [0.1, 0.15) is 5.82 Å². The highest BCUT2D eigenvalue weighted by Crippen LogP contribution is 2.23. The first-order valence-corrected chi connectivity index (χ1v) is 6.39. The summed E-state index contributed by atoms with van der Waals surface area (Å²) in [6.45, 7) is 1.15. The third-order valence-corrected chi connectivity index (χ3v) is 3.33. The minimum absolute atomic E-state index is 0.198. The fraction of sp³-hybridized carbons (Fsp3) is 0.267. The lowest BCUT2D eigenvalue weighted by Gasteiger charge is -2.26. The van der Waals surface area contributed by atoms with Gasteiger partial charge in [0.15, 0.2) is 0 Å². The lowest BCUT2D eigenvalue weighted by atomic mass is 10.0. The van der Waals surface area contributed by atoms with Gasteiger partial charge in [-0.3, -0.25) is 9.63 Å². The fourth-order valence-corrected chi connectivity index (χ4v) is 2.34. The summed E-state index contributed by atoms with van der Waals surface area (Å²) in [7, 11) is 0. The van der Waals surface area contributed by atoms with Gasteiger partial charge >= 0.3 is 0 Å². The van der Waals surface area contributed by atoms with Crippen molar-refractivity contribution in [1.29, 1.82) is 0 Å². The van der Waals surface area contributed by atoms with Crippen molar-refractivity contribution in [3.05, 3.63) is 47.8 Å². The molecule has 0 atom stereocenters. The lowest BCUT2D eigenvalue weighted by Crippen LogP contribution is -2.35. The van der Waals surface area contributed by atoms with Gasteiger partial charge in [0.2, 0.25) is 0 Å². The molecule has 19 heavy (non-hydrogen) atoms. The topological polar surface area (TPSA) is 29.5 Å². The Hall–Kier alpha value is -1.94. The van der Waals surface area contributed by atoms with Crippen LogP contribution in [0.1, 0.15) is 23.2 Å². The Kier molecular flexibility index (Phi) is 3.17. The molecule has 0 aliphatic carbocycles. The first-order chi connectivity index (χ1) is 9.27. The van der Waals surface area contributed by atoms with Crippen LogP contribution in [0, 0.1) is 5.82 Å². The first-order valence-electron chi connectivity index (χ1n) is 6.39. The maximum atomic E-state index is 13.7. The van der Waals surface area contributed by atoms with Crippen molar-refractivity contribution in [3.63, 3.8) is 0 Å². The zero-order chi connectivity index (χ0) is 13.2. The number of hydrogen-bond donors (Lipinski definition) is 0. The zero-order valence-electron chi connectivity index (χ0n) is 10.4. The molecule has 0 bridgehead atoms. The van der Waals surface area contributed by atoms with E-state index in [4.69, 9.17) is 4.84 Å². The number of halogens is 1. The number of nitrogens with zero attached hydrogens (tertiary/aromatic N) is 1. The monoisotopic (exact) mass is 259 g/mol. The van der Waals surface area contributed by atoms with Crippen LogP contribution in [0.4, 0.5) is 4.39 Å². The SMILES string of the molecule is O=C(c1ccc(F)c2ccccc12)N1CCCCO1. The maximum absolute atomic E-state index is 13.7. The molecule has 0 spiro atoms. The predicted molar refractivity (Wildman–Crippen MR) is 70.1 cm³/mol. The minimum atomic E-state index is -0.313. The van der Waals surface area contributed by atoms with Crippen molar-refractivity contribution in [2.24, 2.45) is 0 Å². The summed E-state index contributed by atoms with van der Waals surface area (Å²) < 4.78 is 13.7. The quantitative estimate of drug-likeness (QED) is 0.787. The van der Waals surface area contributed by atoms with Crippen LogP contribution in [-0.2, 0) is 4.84 Å². The van der Waals surface area contributed by atoms with E-state index >= 15 is 0 Å². The van der Waals surface area contributed by atoms with E-state index in [1.165, 1.54) is 17.2 Å². The molecule has 1 amide bonds. The third kappa shape index (κ3) is 2.19.